The first kappa shape index (κ1) is 14.0. The van der Waals surface area contributed by atoms with Crippen molar-refractivity contribution in [3.8, 4) is 11.5 Å². The molecule has 0 radical (unpaired) electrons. The molecule has 0 fully saturated rings. The normalized spacial score (nSPS) is 10.3. The van der Waals surface area contributed by atoms with Crippen molar-refractivity contribution in [2.45, 2.75) is 0 Å². The highest BCUT2D eigenvalue weighted by Crippen LogP contribution is 2.33. The van der Waals surface area contributed by atoms with E-state index in [1.54, 1.807) is 18.2 Å². The number of benzene rings is 2. The molecule has 19 heavy (non-hydrogen) atoms. The van der Waals surface area contributed by atoms with Gasteiger partial charge in [-0.2, -0.15) is 0 Å². The lowest BCUT2D eigenvalue weighted by atomic mass is 10.3. The number of rotatable bonds is 3. The molecule has 0 bridgehead atoms. The zero-order valence-corrected chi connectivity index (χ0v) is 12.4. The zero-order chi connectivity index (χ0) is 14.0. The highest BCUT2D eigenvalue weighted by atomic mass is 79.9. The van der Waals surface area contributed by atoms with Crippen molar-refractivity contribution in [1.82, 2.24) is 0 Å². The van der Waals surface area contributed by atoms with Crippen LogP contribution in [0.3, 0.4) is 0 Å². The summed E-state index contributed by atoms with van der Waals surface area (Å²) in [6.45, 7) is 0. The fourth-order valence-corrected chi connectivity index (χ4v) is 2.53. The van der Waals surface area contributed by atoms with Gasteiger partial charge in [-0.3, -0.25) is 10.1 Å². The Morgan fingerprint density at radius 1 is 1.16 bits per heavy atom. The second-order valence-electron chi connectivity index (χ2n) is 3.58. The molecule has 0 saturated carbocycles. The number of nitro groups is 1. The molecule has 7 heteroatoms. The topological polar surface area (TPSA) is 52.4 Å². The van der Waals surface area contributed by atoms with E-state index in [1.165, 1.54) is 0 Å². The van der Waals surface area contributed by atoms with Crippen LogP contribution in [0, 0.1) is 15.9 Å². The van der Waals surface area contributed by atoms with E-state index in [9.17, 15) is 14.5 Å². The van der Waals surface area contributed by atoms with Crippen LogP contribution in [0.1, 0.15) is 0 Å². The molecule has 0 spiro atoms. The molecule has 0 aliphatic heterocycles. The lowest BCUT2D eigenvalue weighted by molar-refractivity contribution is -0.385. The lowest BCUT2D eigenvalue weighted by Gasteiger charge is -2.08. The molecule has 0 amide bonds. The maximum atomic E-state index is 13.3. The monoisotopic (exact) mass is 389 g/mol. The van der Waals surface area contributed by atoms with Gasteiger partial charge in [-0.05, 0) is 34.1 Å². The van der Waals surface area contributed by atoms with Crippen LogP contribution in [-0.2, 0) is 0 Å². The molecule has 0 aromatic heterocycles. The Bertz CT molecular complexity index is 649. The minimum atomic E-state index is -0.725. The standard InChI is InChI=1S/C12H6Br2FNO3/c13-7-1-2-12(11(14)3-7)19-10-5-8(15)4-9(6-10)16(17)18/h1-6H. The van der Waals surface area contributed by atoms with Gasteiger partial charge >= 0.3 is 0 Å². The minimum Gasteiger partial charge on any atom is -0.456 e. The average molecular weight is 391 g/mol. The predicted molar refractivity (Wildman–Crippen MR) is 75.0 cm³/mol. The molecule has 0 aliphatic rings. The summed E-state index contributed by atoms with van der Waals surface area (Å²) in [4.78, 5) is 9.96. The van der Waals surface area contributed by atoms with Gasteiger partial charge < -0.3 is 4.74 Å². The van der Waals surface area contributed by atoms with E-state index in [4.69, 9.17) is 4.74 Å². The first-order valence-electron chi connectivity index (χ1n) is 5.03. The molecule has 0 unspecified atom stereocenters. The minimum absolute atomic E-state index is 0.0646. The smallest absolute Gasteiger partial charge is 0.276 e. The van der Waals surface area contributed by atoms with Gasteiger partial charge in [0.05, 0.1) is 21.5 Å². The van der Waals surface area contributed by atoms with Crippen LogP contribution in [0.4, 0.5) is 10.1 Å². The number of hydrogen-bond donors (Lipinski definition) is 0. The van der Waals surface area contributed by atoms with Gasteiger partial charge in [-0.15, -0.1) is 0 Å². The van der Waals surface area contributed by atoms with Crippen LogP contribution in [-0.4, -0.2) is 4.92 Å². The Labute approximate surface area is 124 Å². The fourth-order valence-electron chi connectivity index (χ4n) is 1.40. The summed E-state index contributed by atoms with van der Waals surface area (Å²) in [6, 6.07) is 8.24. The third-order valence-electron chi connectivity index (χ3n) is 2.19. The predicted octanol–water partition coefficient (Wildman–Crippen LogP) is 5.05. The van der Waals surface area contributed by atoms with Crippen LogP contribution >= 0.6 is 31.9 Å². The van der Waals surface area contributed by atoms with Crippen molar-refractivity contribution in [3.05, 3.63) is 61.3 Å². The van der Waals surface area contributed by atoms with Gasteiger partial charge in [0.2, 0.25) is 0 Å². The third-order valence-corrected chi connectivity index (χ3v) is 3.30. The molecule has 2 aromatic rings. The highest BCUT2D eigenvalue weighted by molar-refractivity contribution is 9.11. The first-order chi connectivity index (χ1) is 8.95. The average Bonchev–Trinajstić information content (AvgIpc) is 2.32. The van der Waals surface area contributed by atoms with E-state index in [0.717, 1.165) is 22.7 Å². The zero-order valence-electron chi connectivity index (χ0n) is 9.27. The second-order valence-corrected chi connectivity index (χ2v) is 5.35. The van der Waals surface area contributed by atoms with Crippen LogP contribution in [0.25, 0.3) is 0 Å². The maximum absolute atomic E-state index is 13.3. The summed E-state index contributed by atoms with van der Waals surface area (Å²) in [7, 11) is 0. The molecule has 4 nitrogen and oxygen atoms in total. The van der Waals surface area contributed by atoms with Crippen LogP contribution < -0.4 is 4.74 Å². The molecular formula is C12H6Br2FNO3. The summed E-state index contributed by atoms with van der Waals surface area (Å²) >= 11 is 6.58. The summed E-state index contributed by atoms with van der Waals surface area (Å²) in [5.41, 5.74) is -0.358. The van der Waals surface area contributed by atoms with Crippen molar-refractivity contribution in [2.75, 3.05) is 0 Å². The van der Waals surface area contributed by atoms with Crippen molar-refractivity contribution in [1.29, 1.82) is 0 Å². The van der Waals surface area contributed by atoms with Crippen molar-refractivity contribution in [2.24, 2.45) is 0 Å². The van der Waals surface area contributed by atoms with Gasteiger partial charge in [0.25, 0.3) is 5.69 Å². The Balaban J connectivity index is 2.35. The molecule has 98 valence electrons. The number of non-ortho nitro benzene ring substituents is 1. The summed E-state index contributed by atoms with van der Waals surface area (Å²) in [6.07, 6.45) is 0. The number of ether oxygens (including phenoxy) is 1. The van der Waals surface area contributed by atoms with Crippen molar-refractivity contribution in [3.63, 3.8) is 0 Å². The largest absolute Gasteiger partial charge is 0.456 e. The highest BCUT2D eigenvalue weighted by Gasteiger charge is 2.12. The van der Waals surface area contributed by atoms with Gasteiger partial charge in [0, 0.05) is 10.5 Å². The van der Waals surface area contributed by atoms with E-state index in [1.807, 2.05) is 0 Å². The maximum Gasteiger partial charge on any atom is 0.276 e. The van der Waals surface area contributed by atoms with Crippen LogP contribution in [0.15, 0.2) is 45.3 Å². The van der Waals surface area contributed by atoms with Gasteiger partial charge in [-0.1, -0.05) is 15.9 Å². The molecule has 0 aliphatic carbocycles. The quantitative estimate of drug-likeness (QED) is 0.544. The molecule has 0 heterocycles. The van der Waals surface area contributed by atoms with Gasteiger partial charge in [0.15, 0.2) is 0 Å². The molecule has 0 atom stereocenters. The first-order valence-corrected chi connectivity index (χ1v) is 6.62. The van der Waals surface area contributed by atoms with Gasteiger partial charge in [-0.25, -0.2) is 4.39 Å². The molecule has 2 rings (SSSR count). The number of nitrogens with zero attached hydrogens (tertiary/aromatic N) is 1. The number of hydrogen-bond acceptors (Lipinski definition) is 3. The van der Waals surface area contributed by atoms with Gasteiger partial charge in [0.1, 0.15) is 17.3 Å². The molecule has 0 N–H and O–H groups in total. The fraction of sp³-hybridized carbons (Fsp3) is 0. The SMILES string of the molecule is O=[N+]([O-])c1cc(F)cc(Oc2ccc(Br)cc2Br)c1. The van der Waals surface area contributed by atoms with E-state index in [0.29, 0.717) is 10.2 Å². The third kappa shape index (κ3) is 3.51. The second kappa shape index (κ2) is 5.66. The van der Waals surface area contributed by atoms with E-state index in [2.05, 4.69) is 31.9 Å². The Morgan fingerprint density at radius 2 is 1.89 bits per heavy atom. The molecular weight excluding hydrogens is 385 g/mol. The Kier molecular flexibility index (Phi) is 4.16. The van der Waals surface area contributed by atoms with Crippen LogP contribution in [0.5, 0.6) is 11.5 Å². The van der Waals surface area contributed by atoms with Crippen molar-refractivity contribution >= 4 is 37.5 Å². The van der Waals surface area contributed by atoms with E-state index < -0.39 is 10.7 Å². The van der Waals surface area contributed by atoms with Crippen molar-refractivity contribution < 1.29 is 14.1 Å². The van der Waals surface area contributed by atoms with E-state index in [-0.39, 0.29) is 11.4 Å². The molecule has 0 saturated heterocycles. The van der Waals surface area contributed by atoms with E-state index >= 15 is 0 Å². The summed E-state index contributed by atoms with van der Waals surface area (Å²) in [5, 5.41) is 10.6. The summed E-state index contributed by atoms with van der Waals surface area (Å²) in [5.74, 6) is -0.227. The Morgan fingerprint density at radius 3 is 2.53 bits per heavy atom. The Hall–Kier alpha value is -1.47. The van der Waals surface area contributed by atoms with Crippen LogP contribution in [0.2, 0.25) is 0 Å². The number of nitro benzene ring substituents is 1. The molecule has 2 aromatic carbocycles. The lowest BCUT2D eigenvalue weighted by Crippen LogP contribution is -1.92. The number of halogens is 3. The summed E-state index contributed by atoms with van der Waals surface area (Å²) < 4.78 is 20.2.